The summed E-state index contributed by atoms with van der Waals surface area (Å²) in [5.74, 6) is 0. The van der Waals surface area contributed by atoms with Gasteiger partial charge in [0.15, 0.2) is 0 Å². The largest absolute Gasteiger partial charge is 0.310 e. The highest BCUT2D eigenvalue weighted by Crippen LogP contribution is 2.63. The summed E-state index contributed by atoms with van der Waals surface area (Å²) in [6, 6.07) is 80.3. The zero-order chi connectivity index (χ0) is 38.9. The maximum atomic E-state index is 2.55. The van der Waals surface area contributed by atoms with Gasteiger partial charge in [-0.1, -0.05) is 133 Å². The molecule has 0 fully saturated rings. The lowest BCUT2D eigenvalue weighted by Gasteiger charge is -2.40. The Balaban J connectivity index is 1.12. The quantitative estimate of drug-likeness (QED) is 0.166. The number of benzene rings is 9. The maximum Gasteiger partial charge on any atom is 0.0736 e. The summed E-state index contributed by atoms with van der Waals surface area (Å²) in [4.78, 5) is 7.36. The van der Waals surface area contributed by atoms with Crippen LogP contribution in [0.2, 0.25) is 0 Å². The fourth-order valence-electron chi connectivity index (χ4n) is 9.63. The minimum absolute atomic E-state index is 0.529. The molecule has 1 aromatic heterocycles. The second-order valence-electron chi connectivity index (χ2n) is 15.3. The fourth-order valence-corrected chi connectivity index (χ4v) is 12.0. The third-order valence-electron chi connectivity index (χ3n) is 12.1. The van der Waals surface area contributed by atoms with Gasteiger partial charge in [-0.25, -0.2) is 0 Å². The van der Waals surface area contributed by atoms with Gasteiger partial charge in [0, 0.05) is 64.1 Å². The first kappa shape index (κ1) is 34.2. The van der Waals surface area contributed by atoms with Crippen molar-refractivity contribution in [1.29, 1.82) is 0 Å². The first-order valence-corrected chi connectivity index (χ1v) is 21.7. The summed E-state index contributed by atoms with van der Waals surface area (Å²) < 4.78 is 2.60. The van der Waals surface area contributed by atoms with Gasteiger partial charge in [-0.05, 0) is 130 Å². The molecule has 4 heteroatoms. The van der Waals surface area contributed by atoms with E-state index in [1.807, 2.05) is 23.1 Å². The molecular weight excluding hydrogens is 753 g/mol. The summed E-state index contributed by atoms with van der Waals surface area (Å²) in [5, 5.41) is 2.57. The van der Waals surface area contributed by atoms with Crippen LogP contribution in [0.15, 0.2) is 228 Å². The number of fused-ring (bicyclic) bond motifs is 12. The predicted molar refractivity (Wildman–Crippen MR) is 250 cm³/mol. The van der Waals surface area contributed by atoms with E-state index in [1.165, 1.54) is 63.3 Å². The van der Waals surface area contributed by atoms with E-state index in [0.717, 1.165) is 34.1 Å². The first-order chi connectivity index (χ1) is 29.3. The van der Waals surface area contributed by atoms with Crippen LogP contribution in [0.25, 0.3) is 31.3 Å². The van der Waals surface area contributed by atoms with E-state index in [9.17, 15) is 0 Å². The van der Waals surface area contributed by atoms with Gasteiger partial charge in [-0.15, -0.1) is 11.3 Å². The van der Waals surface area contributed by atoms with Crippen LogP contribution in [0.1, 0.15) is 22.3 Å². The molecule has 2 aliphatic rings. The first-order valence-electron chi connectivity index (χ1n) is 20.1. The molecule has 2 heterocycles. The molecule has 2 nitrogen and oxygen atoms in total. The molecule has 0 radical (unpaired) electrons. The Hall–Kier alpha value is -6.85. The van der Waals surface area contributed by atoms with Crippen LogP contribution in [0, 0.1) is 0 Å². The number of nitrogens with zero attached hydrogens (tertiary/aromatic N) is 2. The van der Waals surface area contributed by atoms with Crippen molar-refractivity contribution in [3.8, 4) is 11.1 Å². The third-order valence-corrected chi connectivity index (χ3v) is 14.3. The predicted octanol–water partition coefficient (Wildman–Crippen LogP) is 15.8. The van der Waals surface area contributed by atoms with E-state index in [4.69, 9.17) is 0 Å². The van der Waals surface area contributed by atoms with E-state index in [0.29, 0.717) is 0 Å². The molecule has 1 aliphatic heterocycles. The lowest BCUT2D eigenvalue weighted by Crippen LogP contribution is -2.32. The van der Waals surface area contributed by atoms with E-state index in [-0.39, 0.29) is 0 Å². The van der Waals surface area contributed by atoms with E-state index < -0.39 is 5.41 Å². The van der Waals surface area contributed by atoms with Crippen LogP contribution in [0.5, 0.6) is 0 Å². The summed E-state index contributed by atoms with van der Waals surface area (Å²) in [6.45, 7) is 0. The van der Waals surface area contributed by atoms with Crippen LogP contribution in [-0.4, -0.2) is 0 Å². The van der Waals surface area contributed by atoms with Gasteiger partial charge in [0.25, 0.3) is 0 Å². The van der Waals surface area contributed by atoms with E-state index in [1.54, 1.807) is 0 Å². The highest BCUT2D eigenvalue weighted by molar-refractivity contribution is 7.99. The Morgan fingerprint density at radius 3 is 1.29 bits per heavy atom. The smallest absolute Gasteiger partial charge is 0.0736 e. The second kappa shape index (κ2) is 13.6. The normalized spacial score (nSPS) is 13.2. The number of para-hydroxylation sites is 4. The minimum atomic E-state index is -0.529. The highest BCUT2D eigenvalue weighted by atomic mass is 32.2. The fraction of sp³-hybridized carbons (Fsp3) is 0.0182. The number of thiophene rings is 1. The van der Waals surface area contributed by atoms with Crippen molar-refractivity contribution in [2.45, 2.75) is 15.2 Å². The number of anilines is 6. The molecule has 0 unspecified atom stereocenters. The molecule has 0 saturated heterocycles. The van der Waals surface area contributed by atoms with Crippen LogP contribution < -0.4 is 9.80 Å². The Kier molecular flexibility index (Phi) is 7.90. The molecule has 1 spiro atoms. The van der Waals surface area contributed by atoms with Crippen LogP contribution in [0.3, 0.4) is 0 Å². The van der Waals surface area contributed by atoms with Crippen molar-refractivity contribution >= 4 is 77.4 Å². The Morgan fingerprint density at radius 1 is 0.305 bits per heavy atom. The maximum absolute atomic E-state index is 2.55. The zero-order valence-electron chi connectivity index (χ0n) is 32.0. The lowest BCUT2D eigenvalue weighted by molar-refractivity contribution is 0.724. The monoisotopic (exact) mass is 788 g/mol. The van der Waals surface area contributed by atoms with Gasteiger partial charge in [-0.3, -0.25) is 0 Å². The van der Waals surface area contributed by atoms with Gasteiger partial charge in [0.05, 0.1) is 5.41 Å². The molecule has 278 valence electrons. The molecular formula is C55H36N2S2. The third kappa shape index (κ3) is 5.27. The number of rotatable bonds is 6. The van der Waals surface area contributed by atoms with Crippen molar-refractivity contribution in [1.82, 2.24) is 0 Å². The molecule has 0 N–H and O–H groups in total. The lowest BCUT2D eigenvalue weighted by atomic mass is 9.67. The van der Waals surface area contributed by atoms with Crippen molar-refractivity contribution in [2.75, 3.05) is 9.80 Å². The SMILES string of the molecule is c1ccc(N(c2ccccc2)c2ccc3c(c2)C2(c4cc5c(cc4S3)sc3ccc(N(c4ccccc4)c4ccccc4)cc35)c3ccccc3-c3ccccc32)cc1. The summed E-state index contributed by atoms with van der Waals surface area (Å²) >= 11 is 3.81. The van der Waals surface area contributed by atoms with Crippen molar-refractivity contribution in [3.05, 3.63) is 241 Å². The molecule has 59 heavy (non-hydrogen) atoms. The summed E-state index contributed by atoms with van der Waals surface area (Å²) in [5.41, 5.74) is 14.2. The van der Waals surface area contributed by atoms with E-state index >= 15 is 0 Å². The molecule has 10 aromatic rings. The second-order valence-corrected chi connectivity index (χ2v) is 17.4. The van der Waals surface area contributed by atoms with Gasteiger partial charge < -0.3 is 9.80 Å². The minimum Gasteiger partial charge on any atom is -0.310 e. The van der Waals surface area contributed by atoms with Gasteiger partial charge in [-0.2, -0.15) is 0 Å². The number of hydrogen-bond acceptors (Lipinski definition) is 4. The van der Waals surface area contributed by atoms with Crippen molar-refractivity contribution in [3.63, 3.8) is 0 Å². The van der Waals surface area contributed by atoms with Crippen LogP contribution in [0.4, 0.5) is 34.1 Å². The van der Waals surface area contributed by atoms with Gasteiger partial charge >= 0.3 is 0 Å². The van der Waals surface area contributed by atoms with Crippen molar-refractivity contribution in [2.24, 2.45) is 0 Å². The molecule has 0 atom stereocenters. The summed E-state index contributed by atoms with van der Waals surface area (Å²) in [7, 11) is 0. The average Bonchev–Trinajstić information content (AvgIpc) is 3.80. The molecule has 0 bridgehead atoms. The Morgan fingerprint density at radius 2 is 0.746 bits per heavy atom. The zero-order valence-corrected chi connectivity index (χ0v) is 33.6. The highest BCUT2D eigenvalue weighted by Gasteiger charge is 2.50. The van der Waals surface area contributed by atoms with E-state index in [2.05, 4.69) is 228 Å². The summed E-state index contributed by atoms with van der Waals surface area (Å²) in [6.07, 6.45) is 0. The van der Waals surface area contributed by atoms with Gasteiger partial charge in [0.2, 0.25) is 0 Å². The molecule has 0 saturated carbocycles. The van der Waals surface area contributed by atoms with Gasteiger partial charge in [0.1, 0.15) is 0 Å². The molecule has 0 amide bonds. The molecule has 9 aromatic carbocycles. The number of hydrogen-bond donors (Lipinski definition) is 0. The van der Waals surface area contributed by atoms with Crippen molar-refractivity contribution < 1.29 is 0 Å². The average molecular weight is 789 g/mol. The van der Waals surface area contributed by atoms with Crippen LogP contribution >= 0.6 is 23.1 Å². The standard InChI is InChI=1S/C55H36N2S2/c1-5-17-37(18-6-1)56(38-19-7-2-8-20-38)41-29-31-51-45(33-41)46-35-50-54(36-53(46)58-51)59-52-32-30-42(57(39-21-9-3-10-22-39)40-23-11-4-12-24-40)34-49(52)55(50)47-27-15-13-25-43(47)44-26-14-16-28-48(44)55/h1-36H. The molecule has 12 rings (SSSR count). The Labute approximate surface area is 352 Å². The Bertz CT molecular complexity index is 3070. The van der Waals surface area contributed by atoms with Crippen LogP contribution in [-0.2, 0) is 5.41 Å². The topological polar surface area (TPSA) is 6.48 Å². The molecule has 1 aliphatic carbocycles.